The van der Waals surface area contributed by atoms with E-state index in [0.29, 0.717) is 26.2 Å². The number of nitrogens with one attached hydrogen (secondary N) is 1. The number of hydrogen-bond acceptors (Lipinski definition) is 4. The third-order valence-electron chi connectivity index (χ3n) is 3.88. The highest BCUT2D eigenvalue weighted by molar-refractivity contribution is 5.88. The van der Waals surface area contributed by atoms with Gasteiger partial charge in [0.05, 0.1) is 0 Å². The summed E-state index contributed by atoms with van der Waals surface area (Å²) in [6.45, 7) is 11.7. The predicted octanol–water partition coefficient (Wildman–Crippen LogP) is 1.93. The van der Waals surface area contributed by atoms with Crippen LogP contribution in [-0.4, -0.2) is 66.0 Å². The van der Waals surface area contributed by atoms with Gasteiger partial charge in [0, 0.05) is 45.2 Å². The van der Waals surface area contributed by atoms with Crippen LogP contribution in [0.4, 0.5) is 4.79 Å². The number of allylic oxidation sites excluding steroid dienone is 1. The van der Waals surface area contributed by atoms with Gasteiger partial charge < -0.3 is 19.9 Å². The van der Waals surface area contributed by atoms with Gasteiger partial charge in [0.15, 0.2) is 0 Å². The van der Waals surface area contributed by atoms with Gasteiger partial charge in [-0.25, -0.2) is 4.79 Å². The Hall–Kier alpha value is -2.05. The molecule has 1 saturated heterocycles. The van der Waals surface area contributed by atoms with Crippen molar-refractivity contribution in [3.05, 3.63) is 11.6 Å². The van der Waals surface area contributed by atoms with Crippen molar-refractivity contribution in [3.63, 3.8) is 0 Å². The summed E-state index contributed by atoms with van der Waals surface area (Å²) in [4.78, 5) is 39.3. The first-order chi connectivity index (χ1) is 11.6. The summed E-state index contributed by atoms with van der Waals surface area (Å²) in [7, 11) is 0. The number of piperazine rings is 1. The van der Waals surface area contributed by atoms with Crippen LogP contribution in [0.15, 0.2) is 11.6 Å². The second kappa shape index (κ2) is 9.44. The van der Waals surface area contributed by atoms with Crippen LogP contribution in [-0.2, 0) is 14.3 Å². The van der Waals surface area contributed by atoms with E-state index in [1.165, 1.54) is 0 Å². The van der Waals surface area contributed by atoms with E-state index in [2.05, 4.69) is 5.32 Å². The first-order valence-electron chi connectivity index (χ1n) is 8.83. The third-order valence-corrected chi connectivity index (χ3v) is 3.88. The fraction of sp³-hybridized carbons (Fsp3) is 0.722. The molecule has 0 bridgehead atoms. The highest BCUT2D eigenvalue weighted by atomic mass is 16.6. The highest BCUT2D eigenvalue weighted by Crippen LogP contribution is 2.08. The lowest BCUT2D eigenvalue weighted by Gasteiger charge is -2.34. The average Bonchev–Trinajstić information content (AvgIpc) is 2.53. The van der Waals surface area contributed by atoms with E-state index in [0.717, 1.165) is 12.0 Å². The van der Waals surface area contributed by atoms with E-state index < -0.39 is 11.7 Å². The number of nitrogens with zero attached hydrogens (tertiary/aromatic N) is 2. The van der Waals surface area contributed by atoms with E-state index in [1.54, 1.807) is 36.6 Å². The molecule has 1 aliphatic heterocycles. The Kier molecular flexibility index (Phi) is 7.93. The maximum atomic E-state index is 12.2. The molecule has 0 aromatic carbocycles. The lowest BCUT2D eigenvalue weighted by molar-refractivity contribution is -0.137. The first-order valence-corrected chi connectivity index (χ1v) is 8.83. The smallest absolute Gasteiger partial charge is 0.407 e. The summed E-state index contributed by atoms with van der Waals surface area (Å²) < 4.78 is 5.12. The zero-order chi connectivity index (χ0) is 19.0. The Morgan fingerprint density at radius 3 is 2.16 bits per heavy atom. The molecular weight excluding hydrogens is 322 g/mol. The molecule has 142 valence electrons. The monoisotopic (exact) mass is 353 g/mol. The second-order valence-electron chi connectivity index (χ2n) is 7.23. The topological polar surface area (TPSA) is 79.0 Å². The first kappa shape index (κ1) is 21.0. The molecule has 1 N–H and O–H groups in total. The van der Waals surface area contributed by atoms with Crippen molar-refractivity contribution in [2.75, 3.05) is 32.7 Å². The van der Waals surface area contributed by atoms with Crippen molar-refractivity contribution < 1.29 is 19.1 Å². The molecule has 0 aliphatic carbocycles. The van der Waals surface area contributed by atoms with Gasteiger partial charge in [-0.1, -0.05) is 12.5 Å². The van der Waals surface area contributed by atoms with E-state index in [1.807, 2.05) is 13.8 Å². The largest absolute Gasteiger partial charge is 0.444 e. The summed E-state index contributed by atoms with van der Waals surface area (Å²) in [6, 6.07) is 0. The Labute approximate surface area is 150 Å². The number of rotatable bonds is 5. The standard InChI is InChI=1S/C18H31N3O4/c1-6-14(2)13-16(23)21-11-9-20(10-12-21)15(22)7-8-19-17(24)25-18(3,4)5/h13H,6-12H2,1-5H3,(H,19,24)/b14-13+. The van der Waals surface area contributed by atoms with Crippen LogP contribution >= 0.6 is 0 Å². The quantitative estimate of drug-likeness (QED) is 0.766. The summed E-state index contributed by atoms with van der Waals surface area (Å²) in [5.41, 5.74) is 0.498. The molecule has 0 atom stereocenters. The average molecular weight is 353 g/mol. The van der Waals surface area contributed by atoms with Crippen molar-refractivity contribution in [1.82, 2.24) is 15.1 Å². The van der Waals surface area contributed by atoms with Gasteiger partial charge in [-0.05, 0) is 34.1 Å². The van der Waals surface area contributed by atoms with Crippen molar-refractivity contribution >= 4 is 17.9 Å². The molecule has 1 aliphatic rings. The Morgan fingerprint density at radius 2 is 1.64 bits per heavy atom. The minimum absolute atomic E-state index is 0.0121. The minimum atomic E-state index is -0.554. The Morgan fingerprint density at radius 1 is 1.08 bits per heavy atom. The number of carbonyl (C=O) groups excluding carboxylic acids is 3. The SMILES string of the molecule is CC/C(C)=C/C(=O)N1CCN(C(=O)CCNC(=O)OC(C)(C)C)CC1. The van der Waals surface area contributed by atoms with E-state index in [9.17, 15) is 14.4 Å². The molecule has 25 heavy (non-hydrogen) atoms. The molecule has 0 spiro atoms. The van der Waals surface area contributed by atoms with E-state index in [4.69, 9.17) is 4.74 Å². The van der Waals surface area contributed by atoms with Crippen molar-refractivity contribution in [1.29, 1.82) is 0 Å². The van der Waals surface area contributed by atoms with Crippen LogP contribution in [0.3, 0.4) is 0 Å². The summed E-state index contributed by atoms with van der Waals surface area (Å²) in [5, 5.41) is 2.58. The van der Waals surface area contributed by atoms with Gasteiger partial charge >= 0.3 is 6.09 Å². The van der Waals surface area contributed by atoms with Gasteiger partial charge in [0.25, 0.3) is 0 Å². The number of hydrogen-bond donors (Lipinski definition) is 1. The fourth-order valence-electron chi connectivity index (χ4n) is 2.32. The van der Waals surface area contributed by atoms with Crippen molar-refractivity contribution in [2.24, 2.45) is 0 Å². The van der Waals surface area contributed by atoms with Crippen LogP contribution in [0.25, 0.3) is 0 Å². The highest BCUT2D eigenvalue weighted by Gasteiger charge is 2.23. The van der Waals surface area contributed by atoms with E-state index >= 15 is 0 Å². The minimum Gasteiger partial charge on any atom is -0.444 e. The molecule has 1 fully saturated rings. The van der Waals surface area contributed by atoms with Crippen LogP contribution in [0.2, 0.25) is 0 Å². The van der Waals surface area contributed by atoms with Crippen LogP contribution in [0, 0.1) is 0 Å². The van der Waals surface area contributed by atoms with E-state index in [-0.39, 0.29) is 24.8 Å². The molecule has 1 rings (SSSR count). The number of carbonyl (C=O) groups is 3. The lowest BCUT2D eigenvalue weighted by Crippen LogP contribution is -2.50. The van der Waals surface area contributed by atoms with Gasteiger partial charge in [-0.3, -0.25) is 9.59 Å². The van der Waals surface area contributed by atoms with Gasteiger partial charge in [-0.15, -0.1) is 0 Å². The molecule has 0 radical (unpaired) electrons. The summed E-state index contributed by atoms with van der Waals surface area (Å²) >= 11 is 0. The zero-order valence-electron chi connectivity index (χ0n) is 16.1. The Balaban J connectivity index is 2.31. The normalized spacial score (nSPS) is 15.8. The third kappa shape index (κ3) is 8.05. The van der Waals surface area contributed by atoms with Crippen LogP contribution in [0.1, 0.15) is 47.5 Å². The number of ether oxygens (including phenoxy) is 1. The maximum absolute atomic E-state index is 12.2. The molecule has 7 heteroatoms. The van der Waals surface area contributed by atoms with Crippen molar-refractivity contribution in [2.45, 2.75) is 53.1 Å². The molecular formula is C18H31N3O4. The number of alkyl carbamates (subject to hydrolysis) is 1. The molecule has 0 unspecified atom stereocenters. The number of amides is 3. The van der Waals surface area contributed by atoms with Gasteiger partial charge in [0.2, 0.25) is 11.8 Å². The Bertz CT molecular complexity index is 515. The van der Waals surface area contributed by atoms with Crippen LogP contribution < -0.4 is 5.32 Å². The molecule has 3 amide bonds. The predicted molar refractivity (Wildman–Crippen MR) is 96.1 cm³/mol. The summed E-state index contributed by atoms with van der Waals surface area (Å²) in [6.07, 6.45) is 2.23. The zero-order valence-corrected chi connectivity index (χ0v) is 16.1. The van der Waals surface area contributed by atoms with Gasteiger partial charge in [-0.2, -0.15) is 0 Å². The van der Waals surface area contributed by atoms with Gasteiger partial charge in [0.1, 0.15) is 5.60 Å². The molecule has 1 heterocycles. The molecule has 0 saturated carbocycles. The van der Waals surface area contributed by atoms with Crippen LogP contribution in [0.5, 0.6) is 0 Å². The molecule has 0 aromatic rings. The molecule has 7 nitrogen and oxygen atoms in total. The second-order valence-corrected chi connectivity index (χ2v) is 7.23. The van der Waals surface area contributed by atoms with Crippen molar-refractivity contribution in [3.8, 4) is 0 Å². The molecule has 0 aromatic heterocycles. The maximum Gasteiger partial charge on any atom is 0.407 e. The summed E-state index contributed by atoms with van der Waals surface area (Å²) in [5.74, 6) is -0.0125. The lowest BCUT2D eigenvalue weighted by atomic mass is 10.2. The fourth-order valence-corrected chi connectivity index (χ4v) is 2.32.